The number of fused-ring (bicyclic) bond motifs is 3. The van der Waals surface area contributed by atoms with E-state index >= 15 is 0 Å². The fourth-order valence-corrected chi connectivity index (χ4v) is 6.27. The van der Waals surface area contributed by atoms with Crippen LogP contribution in [0, 0.1) is 0 Å². The molecule has 0 aliphatic heterocycles. The van der Waals surface area contributed by atoms with E-state index < -0.39 is 11.9 Å². The fraction of sp³-hybridized carbons (Fsp3) is 0.185. The van der Waals surface area contributed by atoms with Gasteiger partial charge in [0.25, 0.3) is 5.91 Å². The summed E-state index contributed by atoms with van der Waals surface area (Å²) in [6.07, 6.45) is 3.69. The molecule has 8 nitrogen and oxygen atoms in total. The van der Waals surface area contributed by atoms with Gasteiger partial charge in [-0.25, -0.2) is 14.8 Å². The Morgan fingerprint density at radius 2 is 1.73 bits per heavy atom. The first-order valence-corrected chi connectivity index (χ1v) is 13.0. The van der Waals surface area contributed by atoms with Crippen molar-refractivity contribution >= 4 is 67.8 Å². The summed E-state index contributed by atoms with van der Waals surface area (Å²) in [5, 5.41) is 3.99. The second kappa shape index (κ2) is 9.17. The number of aromatic nitrogens is 3. The Balaban J connectivity index is 1.53. The van der Waals surface area contributed by atoms with Gasteiger partial charge in [0.15, 0.2) is 5.65 Å². The molecular weight excluding hydrogens is 510 g/mol. The summed E-state index contributed by atoms with van der Waals surface area (Å²) in [6.45, 7) is 0. The van der Waals surface area contributed by atoms with Gasteiger partial charge in [0.2, 0.25) is 0 Å². The minimum atomic E-state index is -0.469. The highest BCUT2D eigenvalue weighted by Gasteiger charge is 2.30. The first-order valence-electron chi connectivity index (χ1n) is 11.8. The van der Waals surface area contributed by atoms with Crippen LogP contribution in [0.15, 0.2) is 48.5 Å². The molecule has 1 aliphatic carbocycles. The average Bonchev–Trinajstić information content (AvgIpc) is 3.41. The number of nitrogens with one attached hydrogen (secondary N) is 1. The predicted molar refractivity (Wildman–Crippen MR) is 146 cm³/mol. The van der Waals surface area contributed by atoms with Crippen LogP contribution in [0.5, 0.6) is 0 Å². The number of hydrogen-bond donors (Lipinski definition) is 2. The second-order valence-electron chi connectivity index (χ2n) is 8.82. The molecule has 0 bridgehead atoms. The number of rotatable bonds is 4. The third-order valence-corrected chi connectivity index (χ3v) is 8.06. The van der Waals surface area contributed by atoms with Crippen molar-refractivity contribution in [2.45, 2.75) is 25.7 Å². The molecule has 3 aromatic heterocycles. The van der Waals surface area contributed by atoms with Gasteiger partial charge >= 0.3 is 5.97 Å². The number of para-hydroxylation sites is 2. The molecule has 0 saturated carbocycles. The minimum Gasteiger partial charge on any atom is -0.465 e. The van der Waals surface area contributed by atoms with E-state index in [1.165, 1.54) is 18.4 Å². The van der Waals surface area contributed by atoms with Crippen molar-refractivity contribution in [3.05, 3.63) is 75.1 Å². The van der Waals surface area contributed by atoms with Gasteiger partial charge in [-0.3, -0.25) is 9.36 Å². The van der Waals surface area contributed by atoms with E-state index in [0.29, 0.717) is 43.5 Å². The lowest BCUT2D eigenvalue weighted by atomic mass is 9.95. The van der Waals surface area contributed by atoms with Crippen molar-refractivity contribution < 1.29 is 14.3 Å². The standard InChI is InChI=1S/C27H22ClN5O3S/c1-36-27(35)20-16-6-2-5-9-19(16)37-26(20)32-25(34)21-22-24(31-18-8-4-3-7-17(18)30-22)33(23(21)29)15-12-10-14(28)11-13-15/h3-4,7-8,10-13H,2,5-6,9,29H2,1H3,(H,32,34). The number of nitrogens with two attached hydrogens (primary N) is 1. The van der Waals surface area contributed by atoms with Crippen LogP contribution in [0.3, 0.4) is 0 Å². The van der Waals surface area contributed by atoms with Crippen LogP contribution in [0.1, 0.15) is 44.0 Å². The summed E-state index contributed by atoms with van der Waals surface area (Å²) in [6, 6.07) is 14.5. The Bertz CT molecular complexity index is 1710. The number of nitrogens with zero attached hydrogens (tertiary/aromatic N) is 3. The average molecular weight is 532 g/mol. The summed E-state index contributed by atoms with van der Waals surface area (Å²) in [7, 11) is 1.35. The summed E-state index contributed by atoms with van der Waals surface area (Å²) in [5.74, 6) is -0.744. The first-order chi connectivity index (χ1) is 18.0. The number of amides is 1. The number of ether oxygens (including phenoxy) is 1. The molecule has 0 spiro atoms. The molecular formula is C27H22ClN5O3S. The Morgan fingerprint density at radius 3 is 2.46 bits per heavy atom. The lowest BCUT2D eigenvalue weighted by Crippen LogP contribution is -2.16. The summed E-state index contributed by atoms with van der Waals surface area (Å²) >= 11 is 7.52. The number of esters is 1. The van der Waals surface area contributed by atoms with Gasteiger partial charge in [0.1, 0.15) is 21.9 Å². The molecule has 1 amide bonds. The third-order valence-electron chi connectivity index (χ3n) is 6.60. The second-order valence-corrected chi connectivity index (χ2v) is 10.4. The highest BCUT2D eigenvalue weighted by atomic mass is 35.5. The third kappa shape index (κ3) is 3.91. The Hall–Kier alpha value is -3.95. The van der Waals surface area contributed by atoms with Crippen LogP contribution in [0.25, 0.3) is 27.9 Å². The predicted octanol–water partition coefficient (Wildman–Crippen LogP) is 5.79. The first kappa shape index (κ1) is 23.4. The number of carbonyl (C=O) groups excluding carboxylic acids is 2. The largest absolute Gasteiger partial charge is 0.465 e. The van der Waals surface area contributed by atoms with Gasteiger partial charge in [-0.1, -0.05) is 23.7 Å². The van der Waals surface area contributed by atoms with Gasteiger partial charge in [-0.2, -0.15) is 0 Å². The molecule has 186 valence electrons. The normalized spacial score (nSPS) is 13.0. The van der Waals surface area contributed by atoms with E-state index in [9.17, 15) is 9.59 Å². The van der Waals surface area contributed by atoms with Crippen LogP contribution in [-0.2, 0) is 17.6 Å². The van der Waals surface area contributed by atoms with Crippen molar-refractivity contribution in [3.63, 3.8) is 0 Å². The van der Waals surface area contributed by atoms with Crippen LogP contribution in [0.2, 0.25) is 5.02 Å². The van der Waals surface area contributed by atoms with Crippen LogP contribution in [-0.4, -0.2) is 33.5 Å². The molecule has 5 aromatic rings. The Labute approximate surface area is 221 Å². The van der Waals surface area contributed by atoms with E-state index in [4.69, 9.17) is 32.0 Å². The fourth-order valence-electron chi connectivity index (χ4n) is 4.87. The van der Waals surface area contributed by atoms with Crippen LogP contribution in [0.4, 0.5) is 10.8 Å². The molecule has 1 aliphatic rings. The van der Waals surface area contributed by atoms with E-state index in [1.54, 1.807) is 28.8 Å². The molecule has 3 N–H and O–H groups in total. The monoisotopic (exact) mass is 531 g/mol. The summed E-state index contributed by atoms with van der Waals surface area (Å²) in [4.78, 5) is 37.2. The molecule has 6 rings (SSSR count). The van der Waals surface area contributed by atoms with Crippen molar-refractivity contribution in [1.29, 1.82) is 0 Å². The van der Waals surface area contributed by atoms with Crippen LogP contribution < -0.4 is 11.1 Å². The molecule has 0 atom stereocenters. The molecule has 0 saturated heterocycles. The molecule has 37 heavy (non-hydrogen) atoms. The van der Waals surface area contributed by atoms with E-state index in [-0.39, 0.29) is 11.4 Å². The number of halogens is 1. The Morgan fingerprint density at radius 1 is 1.03 bits per heavy atom. The zero-order valence-electron chi connectivity index (χ0n) is 19.9. The molecule has 3 heterocycles. The van der Waals surface area contributed by atoms with Crippen molar-refractivity contribution in [3.8, 4) is 5.69 Å². The molecule has 10 heteroatoms. The number of hydrogen-bond acceptors (Lipinski definition) is 7. The number of carbonyl (C=O) groups is 2. The smallest absolute Gasteiger partial charge is 0.341 e. The van der Waals surface area contributed by atoms with E-state index in [1.807, 2.05) is 24.3 Å². The topological polar surface area (TPSA) is 112 Å². The maximum atomic E-state index is 13.8. The molecule has 0 unspecified atom stereocenters. The lowest BCUT2D eigenvalue weighted by molar-refractivity contribution is 0.0601. The summed E-state index contributed by atoms with van der Waals surface area (Å²) < 4.78 is 6.75. The number of aryl methyl sites for hydroxylation is 1. The zero-order chi connectivity index (χ0) is 25.7. The molecule has 0 radical (unpaired) electrons. The number of anilines is 2. The van der Waals surface area contributed by atoms with Gasteiger partial charge in [-0.15, -0.1) is 11.3 Å². The van der Waals surface area contributed by atoms with Crippen LogP contribution >= 0.6 is 22.9 Å². The van der Waals surface area contributed by atoms with Crippen molar-refractivity contribution in [2.75, 3.05) is 18.2 Å². The highest BCUT2D eigenvalue weighted by molar-refractivity contribution is 7.17. The van der Waals surface area contributed by atoms with Gasteiger partial charge in [-0.05, 0) is 67.6 Å². The number of methoxy groups -OCH3 is 1. The quantitative estimate of drug-likeness (QED) is 0.284. The Kier molecular flexibility index (Phi) is 5.81. The summed E-state index contributed by atoms with van der Waals surface area (Å²) in [5.41, 5.74) is 11.0. The maximum absolute atomic E-state index is 13.8. The lowest BCUT2D eigenvalue weighted by Gasteiger charge is -2.11. The van der Waals surface area contributed by atoms with E-state index in [0.717, 1.165) is 36.1 Å². The van der Waals surface area contributed by atoms with Crippen molar-refractivity contribution in [1.82, 2.24) is 14.5 Å². The van der Waals surface area contributed by atoms with Gasteiger partial charge in [0.05, 0.1) is 23.7 Å². The molecule has 0 fully saturated rings. The SMILES string of the molecule is COC(=O)c1c(NC(=O)c2c(N)n(-c3ccc(Cl)cc3)c3nc4ccccc4nc23)sc2c1CCCC2. The highest BCUT2D eigenvalue weighted by Crippen LogP contribution is 2.39. The number of nitrogen functional groups attached to an aromatic ring is 1. The van der Waals surface area contributed by atoms with Gasteiger partial charge in [0, 0.05) is 15.6 Å². The number of thiophene rings is 1. The van der Waals surface area contributed by atoms with Crippen molar-refractivity contribution in [2.24, 2.45) is 0 Å². The molecule has 2 aromatic carbocycles. The van der Waals surface area contributed by atoms with Gasteiger partial charge < -0.3 is 15.8 Å². The minimum absolute atomic E-state index is 0.186. The zero-order valence-corrected chi connectivity index (χ0v) is 21.4. The maximum Gasteiger partial charge on any atom is 0.341 e. The number of benzene rings is 2. The van der Waals surface area contributed by atoms with E-state index in [2.05, 4.69) is 5.32 Å².